The van der Waals surface area contributed by atoms with Crippen molar-refractivity contribution < 1.29 is 19.8 Å². The van der Waals surface area contributed by atoms with Crippen LogP contribution >= 0.6 is 0 Å². The molecule has 2 unspecified atom stereocenters. The number of allylic oxidation sites excluding steroid dienone is 1. The van der Waals surface area contributed by atoms with E-state index in [1.54, 1.807) is 30.3 Å². The fourth-order valence-electron chi connectivity index (χ4n) is 2.08. The van der Waals surface area contributed by atoms with Gasteiger partial charge in [0.05, 0.1) is 0 Å². The molecule has 1 aromatic carbocycles. The molecule has 2 N–H and O–H groups in total. The Morgan fingerprint density at radius 1 is 1.17 bits per heavy atom. The van der Waals surface area contributed by atoms with Crippen molar-refractivity contribution in [1.82, 2.24) is 0 Å². The summed E-state index contributed by atoms with van der Waals surface area (Å²) in [5, 5.41) is 18.6. The molecule has 0 fully saturated rings. The fourth-order valence-corrected chi connectivity index (χ4v) is 2.08. The Bertz CT molecular complexity index is 535. The van der Waals surface area contributed by atoms with Crippen LogP contribution in [0, 0.1) is 0 Å². The Hall–Kier alpha value is -2.43. The van der Waals surface area contributed by atoms with E-state index >= 15 is 0 Å². The quantitative estimate of drug-likeness (QED) is 0.834. The second-order valence-corrected chi connectivity index (χ2v) is 3.94. The minimum absolute atomic E-state index is 0.401. The Morgan fingerprint density at radius 2 is 1.83 bits per heavy atom. The number of carbonyl (C=O) groups is 2. The fraction of sp³-hybridized carbons (Fsp3) is 0.154. The van der Waals surface area contributed by atoms with E-state index in [9.17, 15) is 19.8 Å². The molecule has 0 bridgehead atoms. The Kier molecular flexibility index (Phi) is 2.97. The van der Waals surface area contributed by atoms with E-state index in [2.05, 4.69) is 4.99 Å². The molecule has 1 aromatic rings. The van der Waals surface area contributed by atoms with E-state index in [1.807, 2.05) is 0 Å². The van der Waals surface area contributed by atoms with Crippen LogP contribution in [-0.2, 0) is 15.0 Å². The van der Waals surface area contributed by atoms with Gasteiger partial charge in [-0.05, 0) is 11.6 Å². The highest BCUT2D eigenvalue weighted by atomic mass is 16.4. The van der Waals surface area contributed by atoms with Gasteiger partial charge in [-0.1, -0.05) is 36.4 Å². The lowest BCUT2D eigenvalue weighted by Crippen LogP contribution is -2.49. The van der Waals surface area contributed by atoms with Crippen LogP contribution in [0.3, 0.4) is 0 Å². The lowest BCUT2D eigenvalue weighted by atomic mass is 9.73. The van der Waals surface area contributed by atoms with E-state index in [4.69, 9.17) is 0 Å². The summed E-state index contributed by atoms with van der Waals surface area (Å²) in [5.41, 5.74) is -1.25. The summed E-state index contributed by atoms with van der Waals surface area (Å²) in [6, 6.07) is 6.91. The van der Waals surface area contributed by atoms with Crippen LogP contribution in [0.1, 0.15) is 5.56 Å². The van der Waals surface area contributed by atoms with Crippen LogP contribution in [0.2, 0.25) is 0 Å². The molecule has 2 rings (SSSR count). The first-order chi connectivity index (χ1) is 8.59. The second kappa shape index (κ2) is 4.44. The summed E-state index contributed by atoms with van der Waals surface area (Å²) in [7, 11) is 0. The van der Waals surface area contributed by atoms with Gasteiger partial charge in [0.1, 0.15) is 5.41 Å². The maximum absolute atomic E-state index is 11.6. The molecule has 0 aromatic heterocycles. The van der Waals surface area contributed by atoms with Gasteiger partial charge in [0.2, 0.25) is 0 Å². The monoisotopic (exact) mass is 245 g/mol. The van der Waals surface area contributed by atoms with Crippen molar-refractivity contribution in [2.24, 2.45) is 4.99 Å². The predicted molar refractivity (Wildman–Crippen MR) is 64.8 cm³/mol. The second-order valence-electron chi connectivity index (χ2n) is 3.94. The summed E-state index contributed by atoms with van der Waals surface area (Å²) in [5.74, 6) is -2.49. The summed E-state index contributed by atoms with van der Waals surface area (Å²) >= 11 is 0. The lowest BCUT2D eigenvalue weighted by Gasteiger charge is -2.31. The maximum atomic E-state index is 11.6. The van der Waals surface area contributed by atoms with Gasteiger partial charge in [-0.25, -0.2) is 4.79 Å². The zero-order valence-electron chi connectivity index (χ0n) is 9.35. The molecule has 5 nitrogen and oxygen atoms in total. The van der Waals surface area contributed by atoms with Crippen molar-refractivity contribution in [1.29, 1.82) is 0 Å². The molecule has 92 valence electrons. The molecular formula is C13H11NO4. The van der Waals surface area contributed by atoms with Crippen LogP contribution in [0.5, 0.6) is 0 Å². The topological polar surface area (TPSA) is 87.0 Å². The number of carboxylic acid groups (broad SMARTS) is 2. The number of carboxylic acids is 2. The third-order valence-corrected chi connectivity index (χ3v) is 2.95. The van der Waals surface area contributed by atoms with Gasteiger partial charge < -0.3 is 10.2 Å². The maximum Gasteiger partial charge on any atom is 0.330 e. The average Bonchev–Trinajstić information content (AvgIpc) is 2.39. The number of aliphatic imine (C=N–C) groups is 1. The van der Waals surface area contributed by atoms with Crippen LogP contribution in [0.25, 0.3) is 0 Å². The largest absolute Gasteiger partial charge is 0.480 e. The molecule has 0 aliphatic carbocycles. The molecule has 1 heterocycles. The number of hydrogen-bond acceptors (Lipinski definition) is 3. The van der Waals surface area contributed by atoms with Crippen molar-refractivity contribution in [3.05, 3.63) is 48.0 Å². The van der Waals surface area contributed by atoms with Crippen molar-refractivity contribution >= 4 is 18.2 Å². The SMILES string of the molecule is O=C(O)C1N=CC=CC1(C(=O)O)c1ccccc1. The highest BCUT2D eigenvalue weighted by Crippen LogP contribution is 2.34. The van der Waals surface area contributed by atoms with Crippen molar-refractivity contribution in [3.63, 3.8) is 0 Å². The third-order valence-electron chi connectivity index (χ3n) is 2.95. The summed E-state index contributed by atoms with van der Waals surface area (Å²) in [6.45, 7) is 0. The molecule has 0 radical (unpaired) electrons. The molecule has 0 spiro atoms. The Labute approximate surface area is 103 Å². The van der Waals surface area contributed by atoms with E-state index in [-0.39, 0.29) is 0 Å². The van der Waals surface area contributed by atoms with Gasteiger partial charge in [-0.15, -0.1) is 0 Å². The number of dihydropyridines is 1. The molecule has 5 heteroatoms. The normalized spacial score (nSPS) is 25.9. The predicted octanol–water partition coefficient (Wildman–Crippen LogP) is 1.10. The molecule has 0 saturated heterocycles. The average molecular weight is 245 g/mol. The van der Waals surface area contributed by atoms with Gasteiger partial charge in [-0.3, -0.25) is 9.79 Å². The van der Waals surface area contributed by atoms with Crippen molar-refractivity contribution in [2.75, 3.05) is 0 Å². The summed E-state index contributed by atoms with van der Waals surface area (Å²) in [6.07, 6.45) is 4.14. The van der Waals surface area contributed by atoms with Crippen LogP contribution in [0.15, 0.2) is 47.5 Å². The molecular weight excluding hydrogens is 234 g/mol. The van der Waals surface area contributed by atoms with Gasteiger partial charge in [0.15, 0.2) is 6.04 Å². The zero-order chi connectivity index (χ0) is 13.2. The first kappa shape index (κ1) is 12.0. The highest BCUT2D eigenvalue weighted by molar-refractivity contribution is 5.96. The first-order valence-corrected chi connectivity index (χ1v) is 5.32. The highest BCUT2D eigenvalue weighted by Gasteiger charge is 2.50. The molecule has 2 atom stereocenters. The number of nitrogens with zero attached hydrogens (tertiary/aromatic N) is 1. The smallest absolute Gasteiger partial charge is 0.330 e. The van der Waals surface area contributed by atoms with Crippen LogP contribution in [-0.4, -0.2) is 34.4 Å². The van der Waals surface area contributed by atoms with Gasteiger partial charge in [0, 0.05) is 6.21 Å². The molecule has 0 amide bonds. The van der Waals surface area contributed by atoms with Crippen LogP contribution in [0.4, 0.5) is 0 Å². The van der Waals surface area contributed by atoms with Gasteiger partial charge in [-0.2, -0.15) is 0 Å². The summed E-state index contributed by atoms with van der Waals surface area (Å²) < 4.78 is 0. The van der Waals surface area contributed by atoms with Gasteiger partial charge >= 0.3 is 11.9 Å². The standard InChI is InChI=1S/C13H11NO4/c15-11(16)10-13(12(17)18,7-4-8-14-10)9-5-2-1-3-6-9/h1-8,10H,(H,15,16)(H,17,18). The first-order valence-electron chi connectivity index (χ1n) is 5.32. The number of hydrogen-bond donors (Lipinski definition) is 2. The molecule has 0 saturated carbocycles. The van der Waals surface area contributed by atoms with Crippen molar-refractivity contribution in [2.45, 2.75) is 11.5 Å². The zero-order valence-corrected chi connectivity index (χ0v) is 9.35. The third kappa shape index (κ3) is 1.69. The molecule has 18 heavy (non-hydrogen) atoms. The minimum atomic E-state index is -1.65. The lowest BCUT2D eigenvalue weighted by molar-refractivity contribution is -0.150. The summed E-state index contributed by atoms with van der Waals surface area (Å²) in [4.78, 5) is 26.6. The number of rotatable bonds is 3. The Morgan fingerprint density at radius 3 is 2.39 bits per heavy atom. The number of benzene rings is 1. The minimum Gasteiger partial charge on any atom is -0.480 e. The molecule has 1 aliphatic heterocycles. The van der Waals surface area contributed by atoms with Crippen LogP contribution < -0.4 is 0 Å². The van der Waals surface area contributed by atoms with Crippen molar-refractivity contribution in [3.8, 4) is 0 Å². The van der Waals surface area contributed by atoms with E-state index in [1.165, 1.54) is 18.4 Å². The molecule has 1 aliphatic rings. The van der Waals surface area contributed by atoms with Gasteiger partial charge in [0.25, 0.3) is 0 Å². The van der Waals surface area contributed by atoms with E-state index in [0.29, 0.717) is 5.56 Å². The number of aliphatic carboxylic acids is 2. The Balaban J connectivity index is 2.64. The van der Waals surface area contributed by atoms with E-state index in [0.717, 1.165) is 0 Å². The van der Waals surface area contributed by atoms with E-state index < -0.39 is 23.4 Å².